The first kappa shape index (κ1) is 17.8. The van der Waals surface area contributed by atoms with E-state index in [-0.39, 0.29) is 24.1 Å². The molecule has 0 spiro atoms. The Morgan fingerprint density at radius 1 is 1.22 bits per heavy atom. The third-order valence-corrected chi connectivity index (χ3v) is 4.25. The van der Waals surface area contributed by atoms with E-state index < -0.39 is 0 Å². The lowest BCUT2D eigenvalue weighted by molar-refractivity contribution is 0.0000792. The van der Waals surface area contributed by atoms with Crippen LogP contribution >= 0.6 is 12.4 Å². The zero-order chi connectivity index (χ0) is 15.7. The topological polar surface area (TPSA) is 60.7 Å². The van der Waals surface area contributed by atoms with Crippen molar-refractivity contribution in [2.24, 2.45) is 0 Å². The molecule has 1 unspecified atom stereocenters. The highest BCUT2D eigenvalue weighted by molar-refractivity contribution is 5.85. The quantitative estimate of drug-likeness (QED) is 0.871. The molecule has 1 saturated heterocycles. The Morgan fingerprint density at radius 3 is 2.70 bits per heavy atom. The maximum Gasteiger partial charge on any atom is 0.339 e. The Labute approximate surface area is 141 Å². The Balaban J connectivity index is 0.00000192. The number of hydrogen-bond acceptors (Lipinski definition) is 5. The lowest BCUT2D eigenvalue weighted by Gasteiger charge is -2.24. The van der Waals surface area contributed by atoms with E-state index in [0.29, 0.717) is 24.4 Å². The van der Waals surface area contributed by atoms with Crippen LogP contribution in [0.1, 0.15) is 16.7 Å². The van der Waals surface area contributed by atoms with Gasteiger partial charge in [-0.1, -0.05) is 0 Å². The van der Waals surface area contributed by atoms with Gasteiger partial charge in [-0.3, -0.25) is 0 Å². The van der Waals surface area contributed by atoms with Gasteiger partial charge < -0.3 is 19.2 Å². The summed E-state index contributed by atoms with van der Waals surface area (Å²) in [5, 5.41) is 4.23. The van der Waals surface area contributed by atoms with Crippen molar-refractivity contribution in [1.29, 1.82) is 0 Å². The molecule has 1 atom stereocenters. The van der Waals surface area contributed by atoms with Gasteiger partial charge in [-0.2, -0.15) is 0 Å². The van der Waals surface area contributed by atoms with E-state index in [1.807, 2.05) is 26.0 Å². The van der Waals surface area contributed by atoms with Crippen molar-refractivity contribution in [2.45, 2.75) is 26.9 Å². The van der Waals surface area contributed by atoms with Crippen molar-refractivity contribution >= 4 is 23.4 Å². The van der Waals surface area contributed by atoms with Gasteiger partial charge in [0.05, 0.1) is 6.61 Å². The van der Waals surface area contributed by atoms with Gasteiger partial charge in [-0.05, 0) is 38.5 Å². The van der Waals surface area contributed by atoms with Crippen LogP contribution < -0.4 is 15.7 Å². The summed E-state index contributed by atoms with van der Waals surface area (Å²) in [5.41, 5.74) is 2.78. The van der Waals surface area contributed by atoms with E-state index in [1.54, 1.807) is 6.92 Å². The second-order valence-corrected chi connectivity index (χ2v) is 5.71. The van der Waals surface area contributed by atoms with Crippen LogP contribution in [0.15, 0.2) is 21.3 Å². The van der Waals surface area contributed by atoms with Crippen molar-refractivity contribution in [1.82, 2.24) is 5.32 Å². The zero-order valence-electron chi connectivity index (χ0n) is 13.6. The second kappa shape index (κ2) is 7.34. The van der Waals surface area contributed by atoms with E-state index in [1.165, 1.54) is 0 Å². The van der Waals surface area contributed by atoms with Crippen molar-refractivity contribution in [3.8, 4) is 5.75 Å². The molecule has 23 heavy (non-hydrogen) atoms. The molecule has 0 bridgehead atoms. The lowest BCUT2D eigenvalue weighted by Crippen LogP contribution is -2.41. The number of fused-ring (bicyclic) bond motifs is 1. The Hall–Kier alpha value is -1.56. The molecule has 6 heteroatoms. The normalized spacial score (nSPS) is 17.8. The number of nitrogens with one attached hydrogen (secondary N) is 1. The molecule has 2 aromatic rings. The average Bonchev–Trinajstić information content (AvgIpc) is 2.54. The predicted octanol–water partition coefficient (Wildman–Crippen LogP) is 2.51. The molecule has 0 saturated carbocycles. The van der Waals surface area contributed by atoms with Crippen molar-refractivity contribution in [2.75, 3.05) is 26.3 Å². The fourth-order valence-electron chi connectivity index (χ4n) is 2.69. The Kier molecular flexibility index (Phi) is 5.68. The van der Waals surface area contributed by atoms with E-state index in [0.717, 1.165) is 35.4 Å². The largest absolute Gasteiger partial charge is 0.490 e. The fourth-order valence-corrected chi connectivity index (χ4v) is 2.69. The van der Waals surface area contributed by atoms with Crippen LogP contribution in [0.5, 0.6) is 5.75 Å². The van der Waals surface area contributed by atoms with E-state index in [9.17, 15) is 4.79 Å². The van der Waals surface area contributed by atoms with Gasteiger partial charge in [0.1, 0.15) is 24.0 Å². The first-order chi connectivity index (χ1) is 10.6. The summed E-state index contributed by atoms with van der Waals surface area (Å²) >= 11 is 0. The number of ether oxygens (including phenoxy) is 2. The molecule has 0 aliphatic carbocycles. The van der Waals surface area contributed by atoms with Crippen LogP contribution in [0.25, 0.3) is 11.0 Å². The molecular weight excluding hydrogens is 318 g/mol. The number of hydrogen-bond donors (Lipinski definition) is 1. The molecule has 0 radical (unpaired) electrons. The van der Waals surface area contributed by atoms with E-state index in [2.05, 4.69) is 5.32 Å². The third-order valence-electron chi connectivity index (χ3n) is 4.25. The molecule has 1 N–H and O–H groups in total. The summed E-state index contributed by atoms with van der Waals surface area (Å²) < 4.78 is 16.9. The van der Waals surface area contributed by atoms with Crippen LogP contribution in [0.2, 0.25) is 0 Å². The van der Waals surface area contributed by atoms with Gasteiger partial charge in [0.25, 0.3) is 0 Å². The average molecular weight is 340 g/mol. The maximum absolute atomic E-state index is 11.9. The fraction of sp³-hybridized carbons (Fsp3) is 0.471. The second-order valence-electron chi connectivity index (χ2n) is 5.71. The Bertz CT molecular complexity index is 750. The smallest absolute Gasteiger partial charge is 0.339 e. The minimum Gasteiger partial charge on any atom is -0.490 e. The number of morpholine rings is 1. The molecule has 3 rings (SSSR count). The summed E-state index contributed by atoms with van der Waals surface area (Å²) in [5.74, 6) is 0.730. The third kappa shape index (κ3) is 3.52. The minimum atomic E-state index is -0.287. The maximum atomic E-state index is 11.9. The number of benzene rings is 1. The van der Waals surface area contributed by atoms with Gasteiger partial charge in [0.15, 0.2) is 0 Å². The van der Waals surface area contributed by atoms with Crippen LogP contribution in [-0.2, 0) is 4.74 Å². The van der Waals surface area contributed by atoms with Crippen molar-refractivity contribution in [3.63, 3.8) is 0 Å². The van der Waals surface area contributed by atoms with Gasteiger partial charge in [0.2, 0.25) is 0 Å². The molecule has 1 aromatic heterocycles. The van der Waals surface area contributed by atoms with Crippen LogP contribution in [-0.4, -0.2) is 32.4 Å². The standard InChI is InChI=1S/C17H21NO4.ClH/c1-10-11(2)17(19)22-16-12(3)15(5-4-14(10)16)21-9-13-8-18-6-7-20-13;/h4-5,13,18H,6-9H2,1-3H3;1H. The lowest BCUT2D eigenvalue weighted by atomic mass is 10.0. The molecule has 1 aliphatic heterocycles. The van der Waals surface area contributed by atoms with Crippen molar-refractivity contribution in [3.05, 3.63) is 39.2 Å². The monoisotopic (exact) mass is 339 g/mol. The molecular formula is C17H22ClNO4. The van der Waals surface area contributed by atoms with Gasteiger partial charge in [-0.25, -0.2) is 4.79 Å². The summed E-state index contributed by atoms with van der Waals surface area (Å²) in [6, 6.07) is 3.88. The number of halogens is 1. The van der Waals surface area contributed by atoms with Gasteiger partial charge in [0, 0.05) is 29.6 Å². The molecule has 1 fully saturated rings. The number of aryl methyl sites for hydroxylation is 2. The Morgan fingerprint density at radius 2 is 2.00 bits per heavy atom. The van der Waals surface area contributed by atoms with Crippen LogP contribution in [0.3, 0.4) is 0 Å². The summed E-state index contributed by atoms with van der Waals surface area (Å²) in [6.07, 6.45) is 0.0515. The van der Waals surface area contributed by atoms with Gasteiger partial charge >= 0.3 is 5.63 Å². The van der Waals surface area contributed by atoms with E-state index >= 15 is 0 Å². The molecule has 1 aromatic carbocycles. The minimum absolute atomic E-state index is 0. The SMILES string of the molecule is Cc1c(C)c2ccc(OCC3CNCCO3)c(C)c2oc1=O.Cl. The first-order valence-corrected chi connectivity index (χ1v) is 7.56. The highest BCUT2D eigenvalue weighted by Gasteiger charge is 2.16. The first-order valence-electron chi connectivity index (χ1n) is 7.56. The highest BCUT2D eigenvalue weighted by Crippen LogP contribution is 2.29. The predicted molar refractivity (Wildman–Crippen MR) is 92.0 cm³/mol. The van der Waals surface area contributed by atoms with Crippen LogP contribution in [0, 0.1) is 20.8 Å². The number of rotatable bonds is 3. The van der Waals surface area contributed by atoms with E-state index in [4.69, 9.17) is 13.9 Å². The summed E-state index contributed by atoms with van der Waals surface area (Å²) in [7, 11) is 0. The van der Waals surface area contributed by atoms with Crippen LogP contribution in [0.4, 0.5) is 0 Å². The van der Waals surface area contributed by atoms with Crippen molar-refractivity contribution < 1.29 is 13.9 Å². The van der Waals surface area contributed by atoms with Gasteiger partial charge in [-0.15, -0.1) is 12.4 Å². The molecule has 1 aliphatic rings. The molecule has 5 nitrogen and oxygen atoms in total. The summed E-state index contributed by atoms with van der Waals surface area (Å²) in [6.45, 7) is 8.50. The molecule has 2 heterocycles. The molecule has 126 valence electrons. The summed E-state index contributed by atoms with van der Waals surface area (Å²) in [4.78, 5) is 11.9. The highest BCUT2D eigenvalue weighted by atomic mass is 35.5. The zero-order valence-corrected chi connectivity index (χ0v) is 14.4. The molecule has 0 amide bonds.